The van der Waals surface area contributed by atoms with Crippen molar-refractivity contribution in [2.45, 2.75) is 5.75 Å². The molecule has 0 aliphatic rings. The molecule has 5 nitrogen and oxygen atoms in total. The maximum atomic E-state index is 5.62. The summed E-state index contributed by atoms with van der Waals surface area (Å²) in [5.41, 5.74) is 7.37. The van der Waals surface area contributed by atoms with E-state index in [4.69, 9.17) is 5.73 Å². The highest BCUT2D eigenvalue weighted by Crippen LogP contribution is 2.13. The minimum atomic E-state index is 0.538. The van der Waals surface area contributed by atoms with Gasteiger partial charge in [0.2, 0.25) is 0 Å². The van der Waals surface area contributed by atoms with Crippen LogP contribution >= 0.6 is 32.5 Å². The SMILES string of the molecule is CN=C(N)N(P)CCSCc1nncs1. The minimum absolute atomic E-state index is 0.538. The molecule has 1 atom stereocenters. The Kier molecular flexibility index (Phi) is 5.90. The molecule has 0 radical (unpaired) electrons. The van der Waals surface area contributed by atoms with Crippen molar-refractivity contribution in [2.75, 3.05) is 19.3 Å². The third kappa shape index (κ3) is 4.77. The van der Waals surface area contributed by atoms with Crippen LogP contribution in [0.4, 0.5) is 0 Å². The Balaban J connectivity index is 2.12. The van der Waals surface area contributed by atoms with Gasteiger partial charge in [0.05, 0.1) is 0 Å². The summed E-state index contributed by atoms with van der Waals surface area (Å²) in [5, 5.41) is 8.81. The molecule has 1 heterocycles. The Morgan fingerprint density at radius 3 is 3.20 bits per heavy atom. The van der Waals surface area contributed by atoms with Gasteiger partial charge in [0.1, 0.15) is 10.5 Å². The fourth-order valence-corrected chi connectivity index (χ4v) is 2.79. The van der Waals surface area contributed by atoms with Gasteiger partial charge in [0, 0.05) is 25.1 Å². The molecule has 0 aromatic carbocycles. The number of hydrogen-bond donors (Lipinski definition) is 1. The van der Waals surface area contributed by atoms with Gasteiger partial charge in [-0.3, -0.25) is 4.99 Å². The van der Waals surface area contributed by atoms with Crippen LogP contribution < -0.4 is 5.73 Å². The molecule has 0 amide bonds. The molecule has 0 bridgehead atoms. The second-order valence-corrected chi connectivity index (χ2v) is 5.31. The lowest BCUT2D eigenvalue weighted by molar-refractivity contribution is 0.710. The smallest absolute Gasteiger partial charge is 0.193 e. The topological polar surface area (TPSA) is 67.4 Å². The molecule has 1 rings (SSSR count). The summed E-state index contributed by atoms with van der Waals surface area (Å²) >= 11 is 3.39. The zero-order valence-electron chi connectivity index (χ0n) is 8.46. The van der Waals surface area contributed by atoms with Crippen molar-refractivity contribution in [1.29, 1.82) is 0 Å². The van der Waals surface area contributed by atoms with Gasteiger partial charge in [-0.1, -0.05) is 0 Å². The summed E-state index contributed by atoms with van der Waals surface area (Å²) in [7, 11) is 4.23. The first kappa shape index (κ1) is 12.7. The van der Waals surface area contributed by atoms with E-state index in [1.54, 1.807) is 23.9 Å². The Morgan fingerprint density at radius 1 is 1.80 bits per heavy atom. The van der Waals surface area contributed by atoms with Crippen molar-refractivity contribution in [1.82, 2.24) is 14.9 Å². The van der Waals surface area contributed by atoms with Crippen molar-refractivity contribution in [3.8, 4) is 0 Å². The number of thioether (sulfide) groups is 1. The molecule has 1 aromatic rings. The number of aromatic nitrogens is 2. The van der Waals surface area contributed by atoms with Gasteiger partial charge in [-0.05, 0) is 9.39 Å². The molecule has 0 saturated heterocycles. The highest BCUT2D eigenvalue weighted by atomic mass is 32.2. The van der Waals surface area contributed by atoms with Crippen molar-refractivity contribution in [3.63, 3.8) is 0 Å². The van der Waals surface area contributed by atoms with E-state index in [9.17, 15) is 0 Å². The minimum Gasteiger partial charge on any atom is -0.370 e. The third-order valence-corrected chi connectivity index (χ3v) is 3.98. The van der Waals surface area contributed by atoms with E-state index < -0.39 is 0 Å². The summed E-state index contributed by atoms with van der Waals surface area (Å²) in [6.07, 6.45) is 0. The molecular formula is C7H14N5PS2. The van der Waals surface area contributed by atoms with Gasteiger partial charge in [-0.2, -0.15) is 11.8 Å². The molecule has 0 aliphatic heterocycles. The van der Waals surface area contributed by atoms with Crippen LogP contribution in [0.3, 0.4) is 0 Å². The number of nitrogens with zero attached hydrogens (tertiary/aromatic N) is 4. The second kappa shape index (κ2) is 6.98. The van der Waals surface area contributed by atoms with Crippen LogP contribution in [0.1, 0.15) is 5.01 Å². The lowest BCUT2D eigenvalue weighted by atomic mass is 10.7. The molecule has 0 saturated carbocycles. The van der Waals surface area contributed by atoms with Gasteiger partial charge in [-0.25, -0.2) is 0 Å². The van der Waals surface area contributed by atoms with E-state index in [1.165, 1.54) is 0 Å². The predicted molar refractivity (Wildman–Crippen MR) is 70.0 cm³/mol. The van der Waals surface area contributed by atoms with E-state index in [1.807, 2.05) is 16.4 Å². The molecule has 8 heteroatoms. The molecule has 84 valence electrons. The van der Waals surface area contributed by atoms with Crippen LogP contribution in [-0.2, 0) is 5.75 Å². The summed E-state index contributed by atoms with van der Waals surface area (Å²) < 4.78 is 1.85. The third-order valence-electron chi connectivity index (χ3n) is 1.63. The highest BCUT2D eigenvalue weighted by molar-refractivity contribution is 7.98. The van der Waals surface area contributed by atoms with Gasteiger partial charge in [-0.15, -0.1) is 21.5 Å². The van der Waals surface area contributed by atoms with Crippen LogP contribution in [0, 0.1) is 0 Å². The molecule has 15 heavy (non-hydrogen) atoms. The molecule has 0 fully saturated rings. The predicted octanol–water partition coefficient (Wildman–Crippen LogP) is 0.808. The first-order chi connectivity index (χ1) is 7.24. The summed E-state index contributed by atoms with van der Waals surface area (Å²) in [4.78, 5) is 3.89. The Morgan fingerprint density at radius 2 is 2.60 bits per heavy atom. The lowest BCUT2D eigenvalue weighted by Gasteiger charge is -2.16. The van der Waals surface area contributed by atoms with Crippen molar-refractivity contribution < 1.29 is 0 Å². The maximum absolute atomic E-state index is 5.62. The first-order valence-electron chi connectivity index (χ1n) is 4.31. The molecule has 0 aliphatic carbocycles. The van der Waals surface area contributed by atoms with Crippen molar-refractivity contribution in [2.24, 2.45) is 10.7 Å². The Labute approximate surface area is 99.8 Å². The zero-order chi connectivity index (χ0) is 11.1. The van der Waals surface area contributed by atoms with Crippen LogP contribution in [0.15, 0.2) is 10.5 Å². The van der Waals surface area contributed by atoms with E-state index in [-0.39, 0.29) is 0 Å². The summed E-state index contributed by atoms with van der Waals surface area (Å²) in [5.74, 6) is 2.43. The Hall–Kier alpha value is -0.390. The van der Waals surface area contributed by atoms with Crippen LogP contribution in [0.2, 0.25) is 0 Å². The number of rotatable bonds is 5. The van der Waals surface area contributed by atoms with Gasteiger partial charge >= 0.3 is 0 Å². The van der Waals surface area contributed by atoms with Crippen molar-refractivity contribution >= 4 is 38.4 Å². The average molecular weight is 263 g/mol. The largest absolute Gasteiger partial charge is 0.370 e. The van der Waals surface area contributed by atoms with Crippen LogP contribution in [0.5, 0.6) is 0 Å². The van der Waals surface area contributed by atoms with Gasteiger partial charge < -0.3 is 10.4 Å². The molecule has 2 N–H and O–H groups in total. The van der Waals surface area contributed by atoms with E-state index in [2.05, 4.69) is 24.6 Å². The van der Waals surface area contributed by atoms with E-state index >= 15 is 0 Å². The fourth-order valence-electron chi connectivity index (χ4n) is 0.824. The molecule has 0 spiro atoms. The normalized spacial score (nSPS) is 11.7. The standard InChI is InChI=1S/C7H14N5PS2/c1-9-7(8)12(13)2-3-14-4-6-11-10-5-15-6/h5H,2-4,13H2,1H3,(H2,8,9). The molecule has 1 aromatic heterocycles. The number of nitrogens with two attached hydrogens (primary N) is 1. The highest BCUT2D eigenvalue weighted by Gasteiger charge is 2.01. The lowest BCUT2D eigenvalue weighted by Crippen LogP contribution is -2.30. The van der Waals surface area contributed by atoms with Crippen LogP contribution in [0.25, 0.3) is 0 Å². The number of hydrogen-bond acceptors (Lipinski definition) is 5. The quantitative estimate of drug-likeness (QED) is 0.368. The maximum Gasteiger partial charge on any atom is 0.193 e. The summed E-state index contributed by atoms with van der Waals surface area (Å²) in [6.45, 7) is 0.858. The second-order valence-electron chi connectivity index (χ2n) is 2.66. The number of guanidine groups is 1. The molecular weight excluding hydrogens is 249 g/mol. The zero-order valence-corrected chi connectivity index (χ0v) is 11.2. The monoisotopic (exact) mass is 263 g/mol. The number of aliphatic imine (C=N–C) groups is 1. The van der Waals surface area contributed by atoms with Crippen LogP contribution in [-0.4, -0.2) is 40.2 Å². The summed E-state index contributed by atoms with van der Waals surface area (Å²) in [6, 6.07) is 0. The van der Waals surface area contributed by atoms with E-state index in [0.29, 0.717) is 5.96 Å². The van der Waals surface area contributed by atoms with Gasteiger partial charge in [0.25, 0.3) is 0 Å². The van der Waals surface area contributed by atoms with Crippen molar-refractivity contribution in [3.05, 3.63) is 10.5 Å². The fraction of sp³-hybridized carbons (Fsp3) is 0.571. The first-order valence-corrected chi connectivity index (χ1v) is 6.86. The van der Waals surface area contributed by atoms with E-state index in [0.717, 1.165) is 23.1 Å². The Bertz CT molecular complexity index is 302. The molecule has 1 unspecified atom stereocenters. The van der Waals surface area contributed by atoms with Gasteiger partial charge in [0.15, 0.2) is 5.96 Å². The average Bonchev–Trinajstić information content (AvgIpc) is 2.75.